The van der Waals surface area contributed by atoms with Gasteiger partial charge in [-0.2, -0.15) is 0 Å². The van der Waals surface area contributed by atoms with Crippen LogP contribution in [0.15, 0.2) is 33.5 Å². The fourth-order valence-corrected chi connectivity index (χ4v) is 2.36. The van der Waals surface area contributed by atoms with Crippen molar-refractivity contribution in [1.82, 2.24) is 15.3 Å². The average Bonchev–Trinajstić information content (AvgIpc) is 2.39. The van der Waals surface area contributed by atoms with E-state index >= 15 is 0 Å². The van der Waals surface area contributed by atoms with Crippen molar-refractivity contribution in [3.63, 3.8) is 0 Å². The van der Waals surface area contributed by atoms with Gasteiger partial charge in [-0.3, -0.25) is 4.79 Å². The van der Waals surface area contributed by atoms with E-state index in [2.05, 4.69) is 31.2 Å². The maximum absolute atomic E-state index is 12.0. The van der Waals surface area contributed by atoms with Crippen LogP contribution in [0.1, 0.15) is 11.3 Å². The van der Waals surface area contributed by atoms with Crippen LogP contribution in [-0.2, 0) is 13.0 Å². The van der Waals surface area contributed by atoms with Crippen molar-refractivity contribution in [3.8, 4) is 11.4 Å². The highest BCUT2D eigenvalue weighted by molar-refractivity contribution is 9.10. The Kier molecular flexibility index (Phi) is 3.01. The molecule has 0 spiro atoms. The molecule has 0 bridgehead atoms. The first-order chi connectivity index (χ1) is 8.74. The van der Waals surface area contributed by atoms with Crippen LogP contribution in [-0.4, -0.2) is 16.5 Å². The van der Waals surface area contributed by atoms with E-state index in [1.165, 1.54) is 0 Å². The number of fused-ring (bicyclic) bond motifs is 1. The van der Waals surface area contributed by atoms with Crippen LogP contribution in [0.4, 0.5) is 0 Å². The molecule has 0 saturated carbocycles. The molecule has 3 rings (SSSR count). The van der Waals surface area contributed by atoms with Gasteiger partial charge in [0.15, 0.2) is 0 Å². The molecule has 92 valence electrons. The monoisotopic (exact) mass is 305 g/mol. The summed E-state index contributed by atoms with van der Waals surface area (Å²) in [5.41, 5.74) is 2.57. The molecule has 1 aromatic heterocycles. The number of aromatic amines is 1. The zero-order valence-electron chi connectivity index (χ0n) is 9.66. The first kappa shape index (κ1) is 11.6. The zero-order valence-corrected chi connectivity index (χ0v) is 11.3. The molecular formula is C13H12BrN3O. The topological polar surface area (TPSA) is 57.8 Å². The summed E-state index contributed by atoms with van der Waals surface area (Å²) in [5.74, 6) is 0.646. The predicted octanol–water partition coefficient (Wildman–Crippen LogP) is 1.85. The van der Waals surface area contributed by atoms with Crippen molar-refractivity contribution in [3.05, 3.63) is 50.3 Å². The SMILES string of the molecule is O=c1[nH]c(-c2ccc(Br)cc2)nc2c1CNCC2. The van der Waals surface area contributed by atoms with E-state index in [0.29, 0.717) is 12.4 Å². The third-order valence-corrected chi connectivity index (χ3v) is 3.59. The number of aromatic nitrogens is 2. The molecule has 0 fully saturated rings. The molecule has 0 aliphatic carbocycles. The van der Waals surface area contributed by atoms with Gasteiger partial charge >= 0.3 is 0 Å². The number of nitrogens with one attached hydrogen (secondary N) is 2. The molecule has 0 amide bonds. The third kappa shape index (κ3) is 2.11. The van der Waals surface area contributed by atoms with Gasteiger partial charge in [0.05, 0.1) is 11.3 Å². The van der Waals surface area contributed by atoms with Gasteiger partial charge in [0.1, 0.15) is 5.82 Å². The fourth-order valence-electron chi connectivity index (χ4n) is 2.10. The smallest absolute Gasteiger partial charge is 0.255 e. The van der Waals surface area contributed by atoms with Crippen molar-refractivity contribution in [2.24, 2.45) is 0 Å². The van der Waals surface area contributed by atoms with Crippen LogP contribution in [0.3, 0.4) is 0 Å². The minimum atomic E-state index is -0.0369. The van der Waals surface area contributed by atoms with Crippen molar-refractivity contribution in [2.75, 3.05) is 6.54 Å². The quantitative estimate of drug-likeness (QED) is 0.845. The average molecular weight is 306 g/mol. The van der Waals surface area contributed by atoms with Crippen LogP contribution >= 0.6 is 15.9 Å². The maximum Gasteiger partial charge on any atom is 0.255 e. The molecule has 5 heteroatoms. The van der Waals surface area contributed by atoms with E-state index in [1.54, 1.807) is 0 Å². The van der Waals surface area contributed by atoms with E-state index in [0.717, 1.165) is 34.3 Å². The number of hydrogen-bond acceptors (Lipinski definition) is 3. The molecule has 2 heterocycles. The Balaban J connectivity index is 2.11. The Morgan fingerprint density at radius 3 is 2.78 bits per heavy atom. The second kappa shape index (κ2) is 4.66. The summed E-state index contributed by atoms with van der Waals surface area (Å²) < 4.78 is 1.01. The van der Waals surface area contributed by atoms with E-state index < -0.39 is 0 Å². The number of rotatable bonds is 1. The van der Waals surface area contributed by atoms with Crippen molar-refractivity contribution >= 4 is 15.9 Å². The van der Waals surface area contributed by atoms with Crippen LogP contribution in [0.5, 0.6) is 0 Å². The number of halogens is 1. The molecule has 0 saturated heterocycles. The molecule has 4 nitrogen and oxygen atoms in total. The number of hydrogen-bond donors (Lipinski definition) is 2. The van der Waals surface area contributed by atoms with Gasteiger partial charge in [0.2, 0.25) is 0 Å². The Labute approximate surface area is 113 Å². The first-order valence-corrected chi connectivity index (χ1v) is 6.62. The van der Waals surface area contributed by atoms with Gasteiger partial charge in [-0.05, 0) is 12.1 Å². The van der Waals surface area contributed by atoms with E-state index in [1.807, 2.05) is 24.3 Å². The summed E-state index contributed by atoms with van der Waals surface area (Å²) in [7, 11) is 0. The van der Waals surface area contributed by atoms with Crippen LogP contribution in [0.2, 0.25) is 0 Å². The number of benzene rings is 1. The lowest BCUT2D eigenvalue weighted by Gasteiger charge is -2.15. The summed E-state index contributed by atoms with van der Waals surface area (Å²) in [6.45, 7) is 1.49. The lowest BCUT2D eigenvalue weighted by Crippen LogP contribution is -2.31. The highest BCUT2D eigenvalue weighted by atomic mass is 79.9. The van der Waals surface area contributed by atoms with Crippen LogP contribution in [0, 0.1) is 0 Å². The van der Waals surface area contributed by atoms with Crippen LogP contribution < -0.4 is 10.9 Å². The number of H-pyrrole nitrogens is 1. The molecule has 18 heavy (non-hydrogen) atoms. The molecule has 0 unspecified atom stereocenters. The van der Waals surface area contributed by atoms with Crippen molar-refractivity contribution in [1.29, 1.82) is 0 Å². The lowest BCUT2D eigenvalue weighted by atomic mass is 10.1. The highest BCUT2D eigenvalue weighted by Crippen LogP contribution is 2.19. The molecule has 1 aliphatic rings. The highest BCUT2D eigenvalue weighted by Gasteiger charge is 2.15. The molecule has 1 aliphatic heterocycles. The van der Waals surface area contributed by atoms with E-state index in [-0.39, 0.29) is 5.56 Å². The van der Waals surface area contributed by atoms with Gasteiger partial charge in [0.25, 0.3) is 5.56 Å². The summed E-state index contributed by atoms with van der Waals surface area (Å²) in [6, 6.07) is 7.76. The van der Waals surface area contributed by atoms with Crippen molar-refractivity contribution < 1.29 is 0 Å². The van der Waals surface area contributed by atoms with Gasteiger partial charge in [-0.1, -0.05) is 28.1 Å². The molecule has 0 radical (unpaired) electrons. The standard InChI is InChI=1S/C13H12BrN3O/c14-9-3-1-8(2-4-9)12-16-11-5-6-15-7-10(11)13(18)17-12/h1-4,15H,5-7H2,(H,16,17,18). The molecule has 2 aromatic rings. The molecule has 0 atom stereocenters. The molecule has 1 aromatic carbocycles. The molecular weight excluding hydrogens is 294 g/mol. The van der Waals surface area contributed by atoms with Crippen molar-refractivity contribution in [2.45, 2.75) is 13.0 Å². The minimum Gasteiger partial charge on any atom is -0.312 e. The van der Waals surface area contributed by atoms with Gasteiger partial charge in [0, 0.05) is 29.5 Å². The summed E-state index contributed by atoms with van der Waals surface area (Å²) in [5, 5.41) is 3.18. The van der Waals surface area contributed by atoms with Gasteiger partial charge in [-0.25, -0.2) is 4.98 Å². The largest absolute Gasteiger partial charge is 0.312 e. The van der Waals surface area contributed by atoms with Gasteiger partial charge < -0.3 is 10.3 Å². The summed E-state index contributed by atoms with van der Waals surface area (Å²) in [6.07, 6.45) is 0.808. The number of nitrogens with zero attached hydrogens (tertiary/aromatic N) is 1. The Morgan fingerprint density at radius 2 is 2.00 bits per heavy atom. The normalized spacial score (nSPS) is 14.3. The Morgan fingerprint density at radius 1 is 1.22 bits per heavy atom. The third-order valence-electron chi connectivity index (χ3n) is 3.06. The van der Waals surface area contributed by atoms with Crippen LogP contribution in [0.25, 0.3) is 11.4 Å². The first-order valence-electron chi connectivity index (χ1n) is 5.83. The minimum absolute atomic E-state index is 0.0369. The van der Waals surface area contributed by atoms with E-state index in [4.69, 9.17) is 0 Å². The fraction of sp³-hybridized carbons (Fsp3) is 0.231. The second-order valence-electron chi connectivity index (χ2n) is 4.27. The summed E-state index contributed by atoms with van der Waals surface area (Å²) in [4.78, 5) is 19.4. The van der Waals surface area contributed by atoms with Gasteiger partial charge in [-0.15, -0.1) is 0 Å². The Bertz CT molecular complexity index is 634. The Hall–Kier alpha value is -1.46. The van der Waals surface area contributed by atoms with E-state index in [9.17, 15) is 4.79 Å². The second-order valence-corrected chi connectivity index (χ2v) is 5.19. The predicted molar refractivity (Wildman–Crippen MR) is 73.4 cm³/mol. The summed E-state index contributed by atoms with van der Waals surface area (Å²) >= 11 is 3.39. The molecule has 2 N–H and O–H groups in total. The lowest BCUT2D eigenvalue weighted by molar-refractivity contribution is 0.621. The zero-order chi connectivity index (χ0) is 12.5. The maximum atomic E-state index is 12.0.